The smallest absolute Gasteiger partial charge is 0.130 e. The standard InChI is InChI=1S/C15H19ClFN3/c1-10-13(14(16)20(3)19-10)9-15(2,18)8-11-4-6-12(17)7-5-11/h4-7H,8-9,18H2,1-3H3. The number of aromatic nitrogens is 2. The lowest BCUT2D eigenvalue weighted by Gasteiger charge is -2.25. The number of rotatable bonds is 4. The van der Waals surface area contributed by atoms with Crippen LogP contribution in [0.25, 0.3) is 0 Å². The van der Waals surface area contributed by atoms with Crippen molar-refractivity contribution >= 4 is 11.6 Å². The van der Waals surface area contributed by atoms with Crippen molar-refractivity contribution < 1.29 is 4.39 Å². The van der Waals surface area contributed by atoms with Crippen molar-refractivity contribution in [2.45, 2.75) is 32.2 Å². The molecular formula is C15H19ClFN3. The van der Waals surface area contributed by atoms with Crippen molar-refractivity contribution in [3.63, 3.8) is 0 Å². The predicted octanol–water partition coefficient (Wildman–Crippen LogP) is 3.02. The van der Waals surface area contributed by atoms with Gasteiger partial charge in [-0.05, 0) is 44.4 Å². The molecule has 1 unspecified atom stereocenters. The lowest BCUT2D eigenvalue weighted by atomic mass is 9.87. The zero-order chi connectivity index (χ0) is 14.9. The van der Waals surface area contributed by atoms with Crippen molar-refractivity contribution in [3.05, 3.63) is 52.1 Å². The molecule has 0 radical (unpaired) electrons. The van der Waals surface area contributed by atoms with Gasteiger partial charge < -0.3 is 5.73 Å². The maximum absolute atomic E-state index is 12.9. The minimum atomic E-state index is -0.463. The van der Waals surface area contributed by atoms with Crippen molar-refractivity contribution in [2.24, 2.45) is 12.8 Å². The number of benzene rings is 1. The van der Waals surface area contributed by atoms with Crippen molar-refractivity contribution in [3.8, 4) is 0 Å². The molecule has 0 spiro atoms. The maximum atomic E-state index is 12.9. The molecule has 0 fully saturated rings. The number of nitrogens with zero attached hydrogens (tertiary/aromatic N) is 2. The van der Waals surface area contributed by atoms with Gasteiger partial charge in [0.25, 0.3) is 0 Å². The summed E-state index contributed by atoms with van der Waals surface area (Å²) >= 11 is 6.24. The van der Waals surface area contributed by atoms with Crippen LogP contribution in [0.3, 0.4) is 0 Å². The first-order valence-corrected chi connectivity index (χ1v) is 6.87. The van der Waals surface area contributed by atoms with Gasteiger partial charge in [0.1, 0.15) is 11.0 Å². The summed E-state index contributed by atoms with van der Waals surface area (Å²) in [6.07, 6.45) is 1.28. The molecule has 0 aliphatic carbocycles. The van der Waals surface area contributed by atoms with E-state index in [1.807, 2.05) is 20.9 Å². The molecule has 1 atom stereocenters. The molecule has 0 saturated heterocycles. The summed E-state index contributed by atoms with van der Waals surface area (Å²) in [6.45, 7) is 3.90. The molecule has 108 valence electrons. The molecule has 0 aliphatic rings. The molecular weight excluding hydrogens is 277 g/mol. The van der Waals surface area contributed by atoms with E-state index in [0.29, 0.717) is 18.0 Å². The molecule has 0 aliphatic heterocycles. The van der Waals surface area contributed by atoms with Crippen LogP contribution in [0.4, 0.5) is 4.39 Å². The SMILES string of the molecule is Cc1nn(C)c(Cl)c1CC(C)(N)Cc1ccc(F)cc1. The largest absolute Gasteiger partial charge is 0.325 e. The zero-order valence-electron chi connectivity index (χ0n) is 12.0. The van der Waals surface area contributed by atoms with Gasteiger partial charge in [-0.15, -0.1) is 0 Å². The Bertz CT molecular complexity index is 602. The Balaban J connectivity index is 2.16. The van der Waals surface area contributed by atoms with Gasteiger partial charge in [-0.1, -0.05) is 23.7 Å². The van der Waals surface area contributed by atoms with Crippen molar-refractivity contribution in [1.29, 1.82) is 0 Å². The zero-order valence-corrected chi connectivity index (χ0v) is 12.7. The summed E-state index contributed by atoms with van der Waals surface area (Å²) in [4.78, 5) is 0. The molecule has 1 aromatic carbocycles. The minimum absolute atomic E-state index is 0.237. The Morgan fingerprint density at radius 1 is 1.30 bits per heavy atom. The first kappa shape index (κ1) is 15.0. The lowest BCUT2D eigenvalue weighted by Crippen LogP contribution is -2.41. The number of hydrogen-bond donors (Lipinski definition) is 1. The second kappa shape index (κ2) is 5.54. The van der Waals surface area contributed by atoms with Crippen LogP contribution in [-0.4, -0.2) is 15.3 Å². The quantitative estimate of drug-likeness (QED) is 0.942. The fourth-order valence-corrected chi connectivity index (χ4v) is 2.65. The van der Waals surface area contributed by atoms with Crippen LogP contribution < -0.4 is 5.73 Å². The van der Waals surface area contributed by atoms with Crippen LogP contribution in [0.15, 0.2) is 24.3 Å². The summed E-state index contributed by atoms with van der Waals surface area (Å²) in [5.74, 6) is -0.237. The van der Waals surface area contributed by atoms with E-state index >= 15 is 0 Å². The average Bonchev–Trinajstić information content (AvgIpc) is 2.58. The second-order valence-electron chi connectivity index (χ2n) is 5.61. The molecule has 20 heavy (non-hydrogen) atoms. The van der Waals surface area contributed by atoms with E-state index in [0.717, 1.165) is 16.8 Å². The average molecular weight is 296 g/mol. The molecule has 1 heterocycles. The third-order valence-corrected chi connectivity index (χ3v) is 3.84. The number of halogens is 2. The van der Waals surface area contributed by atoms with E-state index < -0.39 is 5.54 Å². The molecule has 2 N–H and O–H groups in total. The summed E-state index contributed by atoms with van der Waals surface area (Å²) in [6, 6.07) is 6.43. The highest BCUT2D eigenvalue weighted by Gasteiger charge is 2.24. The molecule has 2 rings (SSSR count). The summed E-state index contributed by atoms with van der Waals surface area (Å²) in [5, 5.41) is 4.92. The normalized spacial score (nSPS) is 14.3. The Labute approximate surface area is 123 Å². The third kappa shape index (κ3) is 3.38. The monoisotopic (exact) mass is 295 g/mol. The summed E-state index contributed by atoms with van der Waals surface area (Å²) in [5.41, 5.74) is 8.79. The third-order valence-electron chi connectivity index (χ3n) is 3.37. The first-order valence-electron chi connectivity index (χ1n) is 6.50. The molecule has 0 amide bonds. The number of nitrogens with two attached hydrogens (primary N) is 1. The van der Waals surface area contributed by atoms with E-state index in [4.69, 9.17) is 17.3 Å². The molecule has 1 aromatic heterocycles. The van der Waals surface area contributed by atoms with Gasteiger partial charge in [-0.2, -0.15) is 5.10 Å². The van der Waals surface area contributed by atoms with Gasteiger partial charge in [0.2, 0.25) is 0 Å². The van der Waals surface area contributed by atoms with Gasteiger partial charge in [-0.25, -0.2) is 4.39 Å². The van der Waals surface area contributed by atoms with E-state index in [9.17, 15) is 4.39 Å². The van der Waals surface area contributed by atoms with Gasteiger partial charge in [-0.3, -0.25) is 4.68 Å². The van der Waals surface area contributed by atoms with Crippen LogP contribution in [0.2, 0.25) is 5.15 Å². The lowest BCUT2D eigenvalue weighted by molar-refractivity contribution is 0.461. The first-order chi connectivity index (χ1) is 9.28. The molecule has 0 saturated carbocycles. The van der Waals surface area contributed by atoms with Gasteiger partial charge in [0.15, 0.2) is 0 Å². The van der Waals surface area contributed by atoms with E-state index in [2.05, 4.69) is 5.10 Å². The maximum Gasteiger partial charge on any atom is 0.130 e. The Morgan fingerprint density at radius 3 is 2.40 bits per heavy atom. The van der Waals surface area contributed by atoms with Gasteiger partial charge in [0.05, 0.1) is 5.69 Å². The van der Waals surface area contributed by atoms with Crippen LogP contribution in [-0.2, 0) is 19.9 Å². The van der Waals surface area contributed by atoms with Crippen LogP contribution in [0.5, 0.6) is 0 Å². The Kier molecular flexibility index (Phi) is 4.16. The Hall–Kier alpha value is -1.39. The minimum Gasteiger partial charge on any atom is -0.325 e. The molecule has 0 bridgehead atoms. The molecule has 5 heteroatoms. The van der Waals surface area contributed by atoms with Crippen molar-refractivity contribution in [1.82, 2.24) is 9.78 Å². The van der Waals surface area contributed by atoms with Gasteiger partial charge in [0, 0.05) is 18.2 Å². The topological polar surface area (TPSA) is 43.8 Å². The predicted molar refractivity (Wildman–Crippen MR) is 79.4 cm³/mol. The second-order valence-corrected chi connectivity index (χ2v) is 5.97. The van der Waals surface area contributed by atoms with E-state index in [-0.39, 0.29) is 5.82 Å². The van der Waals surface area contributed by atoms with E-state index in [1.54, 1.807) is 16.8 Å². The highest BCUT2D eigenvalue weighted by Crippen LogP contribution is 2.24. The summed E-state index contributed by atoms with van der Waals surface area (Å²) in [7, 11) is 1.81. The number of hydrogen-bond acceptors (Lipinski definition) is 2. The van der Waals surface area contributed by atoms with Crippen LogP contribution in [0, 0.1) is 12.7 Å². The fourth-order valence-electron chi connectivity index (χ4n) is 2.41. The summed E-state index contributed by atoms with van der Waals surface area (Å²) < 4.78 is 14.6. The highest BCUT2D eigenvalue weighted by molar-refractivity contribution is 6.30. The number of aryl methyl sites for hydroxylation is 2. The van der Waals surface area contributed by atoms with E-state index in [1.165, 1.54) is 12.1 Å². The molecule has 2 aromatic rings. The Morgan fingerprint density at radius 2 is 1.90 bits per heavy atom. The van der Waals surface area contributed by atoms with Crippen LogP contribution in [0.1, 0.15) is 23.7 Å². The van der Waals surface area contributed by atoms with Crippen LogP contribution >= 0.6 is 11.6 Å². The highest BCUT2D eigenvalue weighted by atomic mass is 35.5. The van der Waals surface area contributed by atoms with Gasteiger partial charge >= 0.3 is 0 Å². The fraction of sp³-hybridized carbons (Fsp3) is 0.400. The van der Waals surface area contributed by atoms with Crippen molar-refractivity contribution in [2.75, 3.05) is 0 Å². The molecule has 3 nitrogen and oxygen atoms in total.